The quantitative estimate of drug-likeness (QED) is 0.792. The molecule has 4 heterocycles. The lowest BCUT2D eigenvalue weighted by Gasteiger charge is -2.32. The Morgan fingerprint density at radius 1 is 1.25 bits per heavy atom. The lowest BCUT2D eigenvalue weighted by atomic mass is 9.94. The molecule has 3 aromatic rings. The molecule has 0 bridgehead atoms. The average molecular weight is 343 g/mol. The second-order valence-electron chi connectivity index (χ2n) is 6.24. The van der Waals surface area contributed by atoms with Gasteiger partial charge in [0.05, 0.1) is 22.6 Å². The third-order valence-electron chi connectivity index (χ3n) is 4.55. The van der Waals surface area contributed by atoms with E-state index in [1.165, 1.54) is 0 Å². The number of pyridine rings is 1. The molecule has 24 heavy (non-hydrogen) atoms. The summed E-state index contributed by atoms with van der Waals surface area (Å²) in [5, 5.41) is 0.717. The zero-order valence-corrected chi connectivity index (χ0v) is 14.0. The smallest absolute Gasteiger partial charge is 0.220 e. The van der Waals surface area contributed by atoms with Crippen LogP contribution < -0.4 is 5.73 Å². The topological polar surface area (TPSA) is 72.3 Å². The van der Waals surface area contributed by atoms with Gasteiger partial charge in [-0.15, -0.1) is 0 Å². The molecule has 1 aliphatic rings. The molecule has 1 atom stereocenters. The fraction of sp³-hybridized carbons (Fsp3) is 0.353. The molecule has 0 radical (unpaired) electrons. The monoisotopic (exact) mass is 342 g/mol. The summed E-state index contributed by atoms with van der Waals surface area (Å²) in [6, 6.07) is 5.77. The summed E-state index contributed by atoms with van der Waals surface area (Å²) in [5.74, 6) is 0.743. The lowest BCUT2D eigenvalue weighted by molar-refractivity contribution is 0.196. The second-order valence-corrected chi connectivity index (χ2v) is 6.68. The van der Waals surface area contributed by atoms with Gasteiger partial charge in [-0.05, 0) is 37.6 Å². The van der Waals surface area contributed by atoms with Crippen LogP contribution in [0.25, 0.3) is 5.65 Å². The summed E-state index contributed by atoms with van der Waals surface area (Å²) in [5.41, 5.74) is 8.83. The normalized spacial score (nSPS) is 19.0. The first kappa shape index (κ1) is 15.4. The number of aromatic nitrogens is 4. The van der Waals surface area contributed by atoms with Gasteiger partial charge in [0.25, 0.3) is 0 Å². The number of nitrogens with two attached hydrogens (primary N) is 1. The summed E-state index contributed by atoms with van der Waals surface area (Å²) in [6.45, 7) is 2.88. The van der Waals surface area contributed by atoms with Gasteiger partial charge in [-0.2, -0.15) is 0 Å². The number of likely N-dealkylation sites (tertiary alicyclic amines) is 1. The number of halogens is 1. The Morgan fingerprint density at radius 2 is 2.17 bits per heavy atom. The maximum Gasteiger partial charge on any atom is 0.220 e. The van der Waals surface area contributed by atoms with Crippen molar-refractivity contribution in [3.05, 3.63) is 53.2 Å². The van der Waals surface area contributed by atoms with Crippen molar-refractivity contribution < 1.29 is 0 Å². The SMILES string of the molecule is Nc1nccc(C2CCCN(Cc3cnc4ccc(Cl)cn34)C2)n1. The zero-order chi connectivity index (χ0) is 16.5. The van der Waals surface area contributed by atoms with E-state index in [0.717, 1.165) is 54.5 Å². The van der Waals surface area contributed by atoms with Crippen molar-refractivity contribution >= 4 is 23.2 Å². The number of fused-ring (bicyclic) bond motifs is 1. The van der Waals surface area contributed by atoms with Gasteiger partial charge in [-0.1, -0.05) is 11.6 Å². The Balaban J connectivity index is 1.53. The Kier molecular flexibility index (Phi) is 4.08. The van der Waals surface area contributed by atoms with Crippen molar-refractivity contribution in [1.82, 2.24) is 24.3 Å². The first-order valence-corrected chi connectivity index (χ1v) is 8.49. The van der Waals surface area contributed by atoms with Crippen LogP contribution in [0.3, 0.4) is 0 Å². The van der Waals surface area contributed by atoms with Crippen LogP contribution in [0, 0.1) is 0 Å². The molecule has 0 spiro atoms. The van der Waals surface area contributed by atoms with Crippen molar-refractivity contribution in [2.75, 3.05) is 18.8 Å². The van der Waals surface area contributed by atoms with Crippen LogP contribution in [-0.4, -0.2) is 37.3 Å². The Hall–Kier alpha value is -2.18. The van der Waals surface area contributed by atoms with Crippen LogP contribution in [0.1, 0.15) is 30.1 Å². The minimum atomic E-state index is 0.348. The third kappa shape index (κ3) is 3.07. The van der Waals surface area contributed by atoms with Gasteiger partial charge in [0, 0.05) is 31.4 Å². The summed E-state index contributed by atoms with van der Waals surface area (Å²) < 4.78 is 2.06. The van der Waals surface area contributed by atoms with Crippen molar-refractivity contribution in [3.63, 3.8) is 0 Å². The number of hydrogen-bond acceptors (Lipinski definition) is 5. The Labute approximate surface area is 145 Å². The van der Waals surface area contributed by atoms with Gasteiger partial charge in [-0.3, -0.25) is 4.90 Å². The summed E-state index contributed by atoms with van der Waals surface area (Å²) in [4.78, 5) is 15.3. The van der Waals surface area contributed by atoms with Crippen LogP contribution >= 0.6 is 11.6 Å². The third-order valence-corrected chi connectivity index (χ3v) is 4.77. The van der Waals surface area contributed by atoms with E-state index in [2.05, 4.69) is 24.3 Å². The summed E-state index contributed by atoms with van der Waals surface area (Å²) >= 11 is 6.12. The lowest BCUT2D eigenvalue weighted by Crippen LogP contribution is -2.34. The number of hydrogen-bond donors (Lipinski definition) is 1. The average Bonchev–Trinajstić information content (AvgIpc) is 2.97. The van der Waals surface area contributed by atoms with Crippen LogP contribution in [0.5, 0.6) is 0 Å². The van der Waals surface area contributed by atoms with Crippen LogP contribution in [0.15, 0.2) is 36.8 Å². The highest BCUT2D eigenvalue weighted by atomic mass is 35.5. The van der Waals surface area contributed by atoms with E-state index in [9.17, 15) is 0 Å². The second kappa shape index (κ2) is 6.37. The molecular weight excluding hydrogens is 324 g/mol. The molecule has 4 rings (SSSR count). The van der Waals surface area contributed by atoms with E-state index >= 15 is 0 Å². The van der Waals surface area contributed by atoms with Crippen molar-refractivity contribution in [2.45, 2.75) is 25.3 Å². The molecule has 6 nitrogen and oxygen atoms in total. The molecule has 7 heteroatoms. The van der Waals surface area contributed by atoms with Gasteiger partial charge in [0.2, 0.25) is 5.95 Å². The predicted molar refractivity (Wildman–Crippen MR) is 93.9 cm³/mol. The molecule has 1 aliphatic heterocycles. The van der Waals surface area contributed by atoms with Gasteiger partial charge in [0.1, 0.15) is 5.65 Å². The maximum atomic E-state index is 6.12. The maximum absolute atomic E-state index is 6.12. The molecule has 0 aliphatic carbocycles. The minimum Gasteiger partial charge on any atom is -0.368 e. The molecule has 1 saturated heterocycles. The molecule has 1 fully saturated rings. The molecule has 3 aromatic heterocycles. The van der Waals surface area contributed by atoms with Crippen molar-refractivity contribution in [2.24, 2.45) is 0 Å². The fourth-order valence-electron chi connectivity index (χ4n) is 3.41. The van der Waals surface area contributed by atoms with E-state index in [1.54, 1.807) is 6.20 Å². The molecule has 2 N–H and O–H groups in total. The number of nitrogens with zero attached hydrogens (tertiary/aromatic N) is 5. The number of anilines is 1. The summed E-state index contributed by atoms with van der Waals surface area (Å²) in [7, 11) is 0. The van der Waals surface area contributed by atoms with E-state index in [4.69, 9.17) is 17.3 Å². The highest BCUT2D eigenvalue weighted by Crippen LogP contribution is 2.27. The first-order valence-electron chi connectivity index (χ1n) is 8.11. The van der Waals surface area contributed by atoms with Gasteiger partial charge < -0.3 is 10.1 Å². The van der Waals surface area contributed by atoms with Crippen molar-refractivity contribution in [1.29, 1.82) is 0 Å². The van der Waals surface area contributed by atoms with Crippen LogP contribution in [0.4, 0.5) is 5.95 Å². The fourth-order valence-corrected chi connectivity index (χ4v) is 3.57. The van der Waals surface area contributed by atoms with E-state index in [1.807, 2.05) is 30.6 Å². The number of piperidine rings is 1. The molecule has 0 saturated carbocycles. The largest absolute Gasteiger partial charge is 0.368 e. The van der Waals surface area contributed by atoms with E-state index in [-0.39, 0.29) is 0 Å². The standard InChI is InChI=1S/C17H19ClN6/c18-13-3-4-16-21-8-14(24(16)10-13)11-23-7-1-2-12(9-23)15-5-6-20-17(19)22-15/h3-6,8,10,12H,1-2,7,9,11H2,(H2,19,20,22). The predicted octanol–water partition coefficient (Wildman–Crippen LogP) is 2.74. The number of rotatable bonds is 3. The highest BCUT2D eigenvalue weighted by Gasteiger charge is 2.23. The first-order chi connectivity index (χ1) is 11.7. The summed E-state index contributed by atoms with van der Waals surface area (Å²) in [6.07, 6.45) is 7.87. The molecular formula is C17H19ClN6. The van der Waals surface area contributed by atoms with Gasteiger partial charge in [0.15, 0.2) is 0 Å². The van der Waals surface area contributed by atoms with Crippen LogP contribution in [-0.2, 0) is 6.54 Å². The number of imidazole rings is 1. The van der Waals surface area contributed by atoms with Gasteiger partial charge in [-0.25, -0.2) is 15.0 Å². The highest BCUT2D eigenvalue weighted by molar-refractivity contribution is 6.30. The Bertz CT molecular complexity index is 861. The zero-order valence-electron chi connectivity index (χ0n) is 13.3. The molecule has 0 aromatic carbocycles. The van der Waals surface area contributed by atoms with Gasteiger partial charge >= 0.3 is 0 Å². The minimum absolute atomic E-state index is 0.348. The van der Waals surface area contributed by atoms with E-state index < -0.39 is 0 Å². The Morgan fingerprint density at radius 3 is 3.04 bits per heavy atom. The molecule has 0 amide bonds. The van der Waals surface area contributed by atoms with Crippen LogP contribution in [0.2, 0.25) is 5.02 Å². The molecule has 1 unspecified atom stereocenters. The van der Waals surface area contributed by atoms with Crippen molar-refractivity contribution in [3.8, 4) is 0 Å². The van der Waals surface area contributed by atoms with E-state index in [0.29, 0.717) is 11.9 Å². The number of nitrogen functional groups attached to an aromatic ring is 1. The molecule has 124 valence electrons.